The van der Waals surface area contributed by atoms with Crippen LogP contribution in [0.5, 0.6) is 0 Å². The molecule has 0 heterocycles. The first-order valence-electron chi connectivity index (χ1n) is 6.31. The zero-order valence-electron chi connectivity index (χ0n) is 10.9. The monoisotopic (exact) mass is 288 g/mol. The number of sulfonamides is 1. The molecule has 0 fully saturated rings. The van der Waals surface area contributed by atoms with Crippen molar-refractivity contribution in [2.24, 2.45) is 5.10 Å². The highest BCUT2D eigenvalue weighted by Crippen LogP contribution is 2.06. The first kappa shape index (κ1) is 14.3. The minimum absolute atomic E-state index is 0.209. The molecule has 104 valence electrons. The van der Waals surface area contributed by atoms with Crippen molar-refractivity contribution in [3.63, 3.8) is 0 Å². The van der Waals surface area contributed by atoms with Crippen molar-refractivity contribution in [3.05, 3.63) is 66.2 Å². The van der Waals surface area contributed by atoms with Crippen LogP contribution in [0.2, 0.25) is 0 Å². The van der Waals surface area contributed by atoms with Gasteiger partial charge >= 0.3 is 0 Å². The van der Waals surface area contributed by atoms with Gasteiger partial charge in [0.25, 0.3) is 10.0 Å². The van der Waals surface area contributed by atoms with Crippen LogP contribution in [0, 0.1) is 0 Å². The van der Waals surface area contributed by atoms with Gasteiger partial charge in [0, 0.05) is 6.21 Å². The average molecular weight is 288 g/mol. The van der Waals surface area contributed by atoms with E-state index in [1.165, 1.54) is 17.7 Å². The molecule has 0 aliphatic carbocycles. The van der Waals surface area contributed by atoms with Crippen LogP contribution in [-0.4, -0.2) is 14.6 Å². The summed E-state index contributed by atoms with van der Waals surface area (Å²) in [5, 5.41) is 3.77. The smallest absolute Gasteiger partial charge is 0.200 e. The van der Waals surface area contributed by atoms with Gasteiger partial charge in [0.2, 0.25) is 0 Å². The summed E-state index contributed by atoms with van der Waals surface area (Å²) in [5.74, 6) is 0. The van der Waals surface area contributed by atoms with Crippen molar-refractivity contribution >= 4 is 16.2 Å². The molecule has 0 aliphatic heterocycles. The summed E-state index contributed by atoms with van der Waals surface area (Å²) in [7, 11) is -3.55. The summed E-state index contributed by atoms with van der Waals surface area (Å²) >= 11 is 0. The first-order chi connectivity index (χ1) is 9.68. The van der Waals surface area contributed by atoms with Crippen LogP contribution in [0.3, 0.4) is 0 Å². The van der Waals surface area contributed by atoms with Crippen LogP contribution in [0.15, 0.2) is 70.7 Å². The molecule has 4 nitrogen and oxygen atoms in total. The van der Waals surface area contributed by atoms with Crippen LogP contribution >= 0.6 is 0 Å². The maximum atomic E-state index is 11.8. The Morgan fingerprint density at radius 3 is 2.20 bits per heavy atom. The maximum Gasteiger partial charge on any atom is 0.276 e. The summed E-state index contributed by atoms with van der Waals surface area (Å²) in [6.07, 6.45) is 3.09. The number of benzene rings is 2. The summed E-state index contributed by atoms with van der Waals surface area (Å²) < 4.78 is 23.7. The van der Waals surface area contributed by atoms with Gasteiger partial charge in [-0.25, -0.2) is 4.83 Å². The van der Waals surface area contributed by atoms with Gasteiger partial charge in [0.15, 0.2) is 0 Å². The molecular weight excluding hydrogens is 272 g/mol. The van der Waals surface area contributed by atoms with E-state index >= 15 is 0 Å². The number of hydrazone groups is 1. The third-order valence-corrected chi connectivity index (χ3v) is 3.96. The third-order valence-electron chi connectivity index (χ3n) is 2.72. The van der Waals surface area contributed by atoms with E-state index in [9.17, 15) is 8.42 Å². The van der Waals surface area contributed by atoms with E-state index in [-0.39, 0.29) is 4.90 Å². The Morgan fingerprint density at radius 1 is 0.950 bits per heavy atom. The van der Waals surface area contributed by atoms with Gasteiger partial charge in [0.1, 0.15) is 0 Å². The minimum atomic E-state index is -3.55. The topological polar surface area (TPSA) is 58.5 Å². The number of hydrogen-bond donors (Lipinski definition) is 1. The van der Waals surface area contributed by atoms with Gasteiger partial charge < -0.3 is 0 Å². The van der Waals surface area contributed by atoms with Gasteiger partial charge in [-0.3, -0.25) is 0 Å². The highest BCUT2D eigenvalue weighted by Gasteiger charge is 2.10. The van der Waals surface area contributed by atoms with Crippen molar-refractivity contribution in [1.82, 2.24) is 4.83 Å². The van der Waals surface area contributed by atoms with E-state index in [0.717, 1.165) is 6.42 Å². The molecule has 0 bridgehead atoms. The second-order valence-corrected chi connectivity index (χ2v) is 5.90. The standard InChI is InChI=1S/C15H16N2O2S/c18-20(19,15-11-5-2-6-12-15)17-16-13-7-10-14-8-3-1-4-9-14/h1-6,8-9,11-13,17H,7,10H2/b16-13+. The van der Waals surface area contributed by atoms with Crippen molar-refractivity contribution < 1.29 is 8.42 Å². The summed E-state index contributed by atoms with van der Waals surface area (Å²) in [6.45, 7) is 0. The SMILES string of the molecule is O=S(=O)(N/N=C/CCc1ccccc1)c1ccccc1. The predicted octanol–water partition coefficient (Wildman–Crippen LogP) is 2.58. The second-order valence-electron chi connectivity index (χ2n) is 4.24. The quantitative estimate of drug-likeness (QED) is 0.656. The number of rotatable bonds is 6. The van der Waals surface area contributed by atoms with Gasteiger partial charge in [-0.1, -0.05) is 48.5 Å². The van der Waals surface area contributed by atoms with Crippen LogP contribution in [0.1, 0.15) is 12.0 Å². The van der Waals surface area contributed by atoms with E-state index in [2.05, 4.69) is 9.93 Å². The van der Waals surface area contributed by atoms with Crippen LogP contribution < -0.4 is 4.83 Å². The van der Waals surface area contributed by atoms with Crippen molar-refractivity contribution in [1.29, 1.82) is 0 Å². The van der Waals surface area contributed by atoms with E-state index in [0.29, 0.717) is 6.42 Å². The lowest BCUT2D eigenvalue weighted by Crippen LogP contribution is -2.18. The maximum absolute atomic E-state index is 11.8. The minimum Gasteiger partial charge on any atom is -0.200 e. The number of aryl methyl sites for hydroxylation is 1. The Bertz CT molecular complexity index is 653. The fraction of sp³-hybridized carbons (Fsp3) is 0.133. The number of nitrogens with zero attached hydrogens (tertiary/aromatic N) is 1. The molecule has 2 aromatic rings. The normalized spacial score (nSPS) is 11.6. The van der Waals surface area contributed by atoms with Gasteiger partial charge in [-0.05, 0) is 30.5 Å². The lowest BCUT2D eigenvalue weighted by molar-refractivity contribution is 0.584. The predicted molar refractivity (Wildman–Crippen MR) is 80.0 cm³/mol. The third kappa shape index (κ3) is 4.20. The Hall–Kier alpha value is -2.14. The van der Waals surface area contributed by atoms with E-state index in [4.69, 9.17) is 0 Å². The summed E-state index contributed by atoms with van der Waals surface area (Å²) in [6, 6.07) is 18.2. The molecule has 2 aromatic carbocycles. The van der Waals surface area contributed by atoms with Crippen LogP contribution in [-0.2, 0) is 16.4 Å². The molecule has 0 saturated heterocycles. The highest BCUT2D eigenvalue weighted by atomic mass is 32.2. The molecule has 0 amide bonds. The Morgan fingerprint density at radius 2 is 1.55 bits per heavy atom. The zero-order valence-corrected chi connectivity index (χ0v) is 11.8. The van der Waals surface area contributed by atoms with E-state index < -0.39 is 10.0 Å². The average Bonchev–Trinajstić information content (AvgIpc) is 2.49. The molecule has 2 rings (SSSR count). The largest absolute Gasteiger partial charge is 0.276 e. The summed E-state index contributed by atoms with van der Waals surface area (Å²) in [4.78, 5) is 2.41. The molecule has 0 spiro atoms. The molecule has 0 saturated carbocycles. The second kappa shape index (κ2) is 6.86. The molecule has 0 aliphatic rings. The summed E-state index contributed by atoms with van der Waals surface area (Å²) in [5.41, 5.74) is 1.20. The van der Waals surface area contributed by atoms with E-state index in [1.54, 1.807) is 24.4 Å². The molecule has 1 N–H and O–H groups in total. The van der Waals surface area contributed by atoms with E-state index in [1.807, 2.05) is 30.3 Å². The van der Waals surface area contributed by atoms with Crippen molar-refractivity contribution in [2.75, 3.05) is 0 Å². The molecule has 0 unspecified atom stereocenters. The number of hydrogen-bond acceptors (Lipinski definition) is 3. The lowest BCUT2D eigenvalue weighted by atomic mass is 10.1. The molecule has 0 aromatic heterocycles. The van der Waals surface area contributed by atoms with Crippen molar-refractivity contribution in [2.45, 2.75) is 17.7 Å². The fourth-order valence-electron chi connectivity index (χ4n) is 1.70. The van der Waals surface area contributed by atoms with Crippen LogP contribution in [0.4, 0.5) is 0 Å². The Kier molecular flexibility index (Phi) is 4.90. The fourth-order valence-corrected chi connectivity index (χ4v) is 2.53. The Labute approximate surface area is 119 Å². The molecule has 5 heteroatoms. The lowest BCUT2D eigenvalue weighted by Gasteiger charge is -2.02. The van der Waals surface area contributed by atoms with Crippen molar-refractivity contribution in [3.8, 4) is 0 Å². The molecular formula is C15H16N2O2S. The van der Waals surface area contributed by atoms with Gasteiger partial charge in [-0.15, -0.1) is 0 Å². The molecule has 0 atom stereocenters. The Balaban J connectivity index is 1.84. The van der Waals surface area contributed by atoms with Gasteiger partial charge in [0.05, 0.1) is 4.90 Å². The number of nitrogens with one attached hydrogen (secondary N) is 1. The zero-order chi connectivity index (χ0) is 14.3. The molecule has 20 heavy (non-hydrogen) atoms. The molecule has 0 radical (unpaired) electrons. The first-order valence-corrected chi connectivity index (χ1v) is 7.79. The highest BCUT2D eigenvalue weighted by molar-refractivity contribution is 7.89. The van der Waals surface area contributed by atoms with Crippen LogP contribution in [0.25, 0.3) is 0 Å². The van der Waals surface area contributed by atoms with Gasteiger partial charge in [-0.2, -0.15) is 13.5 Å².